The zero-order valence-electron chi connectivity index (χ0n) is 13.0. The minimum Gasteiger partial charge on any atom is -0.464 e. The maximum absolute atomic E-state index is 12.4. The monoisotopic (exact) mass is 286 g/mol. The number of carbonyl (C=O) groups excluding carboxylic acids is 1. The Kier molecular flexibility index (Phi) is 4.68. The fourth-order valence-corrected chi connectivity index (χ4v) is 2.26. The highest BCUT2D eigenvalue weighted by molar-refractivity contribution is 5.96. The Hall–Kier alpha value is -2.23. The van der Waals surface area contributed by atoms with Gasteiger partial charge in [0, 0.05) is 17.8 Å². The molecule has 0 spiro atoms. The lowest BCUT2D eigenvalue weighted by atomic mass is 10.1. The molecule has 0 saturated carbocycles. The maximum Gasteiger partial charge on any atom is 0.252 e. The minimum atomic E-state index is -0.154. The molecule has 1 unspecified atom stereocenters. The van der Waals surface area contributed by atoms with Gasteiger partial charge in [-0.1, -0.05) is 0 Å². The van der Waals surface area contributed by atoms with Gasteiger partial charge in [-0.15, -0.1) is 0 Å². The molecular formula is C17H22N2O2. The van der Waals surface area contributed by atoms with E-state index in [0.29, 0.717) is 5.56 Å². The van der Waals surface area contributed by atoms with Gasteiger partial charge in [0.05, 0.1) is 6.04 Å². The summed E-state index contributed by atoms with van der Waals surface area (Å²) in [5.41, 5.74) is 2.67. The van der Waals surface area contributed by atoms with E-state index in [2.05, 4.69) is 10.6 Å². The van der Waals surface area contributed by atoms with Gasteiger partial charge in [0.2, 0.25) is 0 Å². The number of furan rings is 1. The van der Waals surface area contributed by atoms with E-state index in [-0.39, 0.29) is 11.9 Å². The Morgan fingerprint density at radius 1 is 1.24 bits per heavy atom. The van der Waals surface area contributed by atoms with E-state index in [1.54, 1.807) is 0 Å². The number of hydrogen-bond acceptors (Lipinski definition) is 3. The standard InChI is InChI=1S/C17H22N2O2/c1-5-18-14-7-8-15(11(2)10-14)17(20)19-13(4)16-9-6-12(3)21-16/h6-10,13,18H,5H2,1-4H3,(H,19,20). The second-order valence-corrected chi connectivity index (χ2v) is 5.20. The fraction of sp³-hybridized carbons (Fsp3) is 0.353. The Morgan fingerprint density at radius 3 is 2.57 bits per heavy atom. The smallest absolute Gasteiger partial charge is 0.252 e. The molecule has 0 aliphatic heterocycles. The number of aryl methyl sites for hydroxylation is 2. The normalized spacial score (nSPS) is 12.0. The van der Waals surface area contributed by atoms with E-state index in [1.165, 1.54) is 0 Å². The number of nitrogens with one attached hydrogen (secondary N) is 2. The number of hydrogen-bond donors (Lipinski definition) is 2. The molecule has 1 aromatic heterocycles. The lowest BCUT2D eigenvalue weighted by Gasteiger charge is -2.14. The fourth-order valence-electron chi connectivity index (χ4n) is 2.26. The maximum atomic E-state index is 12.4. The lowest BCUT2D eigenvalue weighted by molar-refractivity contribution is 0.0934. The van der Waals surface area contributed by atoms with Gasteiger partial charge in [-0.05, 0) is 63.6 Å². The van der Waals surface area contributed by atoms with Crippen molar-refractivity contribution in [2.75, 3.05) is 11.9 Å². The molecule has 0 saturated heterocycles. The molecular weight excluding hydrogens is 264 g/mol. The van der Waals surface area contributed by atoms with Crippen LogP contribution in [0.3, 0.4) is 0 Å². The second-order valence-electron chi connectivity index (χ2n) is 5.20. The summed E-state index contributed by atoms with van der Waals surface area (Å²) in [7, 11) is 0. The summed E-state index contributed by atoms with van der Waals surface area (Å²) in [6, 6.07) is 9.39. The molecule has 21 heavy (non-hydrogen) atoms. The van der Waals surface area contributed by atoms with Crippen molar-refractivity contribution in [1.82, 2.24) is 5.32 Å². The second kappa shape index (κ2) is 6.48. The first-order valence-corrected chi connectivity index (χ1v) is 7.23. The zero-order chi connectivity index (χ0) is 15.4. The largest absolute Gasteiger partial charge is 0.464 e. The molecule has 112 valence electrons. The van der Waals surface area contributed by atoms with Gasteiger partial charge in [0.25, 0.3) is 5.91 Å². The van der Waals surface area contributed by atoms with Crippen molar-refractivity contribution in [1.29, 1.82) is 0 Å². The van der Waals surface area contributed by atoms with Crippen LogP contribution in [-0.2, 0) is 0 Å². The van der Waals surface area contributed by atoms with E-state index >= 15 is 0 Å². The van der Waals surface area contributed by atoms with Crippen LogP contribution >= 0.6 is 0 Å². The molecule has 2 aromatic rings. The number of carbonyl (C=O) groups is 1. The topological polar surface area (TPSA) is 54.3 Å². The van der Waals surface area contributed by atoms with E-state index in [4.69, 9.17) is 4.42 Å². The van der Waals surface area contributed by atoms with Gasteiger partial charge >= 0.3 is 0 Å². The van der Waals surface area contributed by atoms with Gasteiger partial charge in [0.1, 0.15) is 11.5 Å². The summed E-state index contributed by atoms with van der Waals surface area (Å²) in [6.45, 7) is 8.65. The predicted molar refractivity (Wildman–Crippen MR) is 84.7 cm³/mol. The molecule has 1 heterocycles. The summed E-state index contributed by atoms with van der Waals surface area (Å²) < 4.78 is 5.54. The molecule has 1 atom stereocenters. The summed E-state index contributed by atoms with van der Waals surface area (Å²) in [5.74, 6) is 1.53. The minimum absolute atomic E-state index is 0.0860. The van der Waals surface area contributed by atoms with Crippen LogP contribution in [0, 0.1) is 13.8 Å². The summed E-state index contributed by atoms with van der Waals surface area (Å²) in [4.78, 5) is 12.4. The van der Waals surface area contributed by atoms with Gasteiger partial charge in [-0.3, -0.25) is 4.79 Å². The van der Waals surface area contributed by atoms with E-state index < -0.39 is 0 Å². The summed E-state index contributed by atoms with van der Waals surface area (Å²) >= 11 is 0. The van der Waals surface area contributed by atoms with E-state index in [0.717, 1.165) is 29.3 Å². The summed E-state index contributed by atoms with van der Waals surface area (Å²) in [6.07, 6.45) is 0. The third-order valence-electron chi connectivity index (χ3n) is 3.39. The highest BCUT2D eigenvalue weighted by Crippen LogP contribution is 2.19. The Balaban J connectivity index is 2.09. The average Bonchev–Trinajstić information content (AvgIpc) is 2.86. The number of benzene rings is 1. The molecule has 1 amide bonds. The zero-order valence-corrected chi connectivity index (χ0v) is 13.0. The Labute approximate surface area is 125 Å². The van der Waals surface area contributed by atoms with Gasteiger partial charge in [-0.2, -0.15) is 0 Å². The van der Waals surface area contributed by atoms with Gasteiger partial charge in [0.15, 0.2) is 0 Å². The summed E-state index contributed by atoms with van der Waals surface area (Å²) in [5, 5.41) is 6.20. The van der Waals surface area contributed by atoms with Crippen molar-refractivity contribution in [3.05, 3.63) is 53.0 Å². The van der Waals surface area contributed by atoms with Gasteiger partial charge < -0.3 is 15.1 Å². The van der Waals surface area contributed by atoms with E-state index in [1.807, 2.05) is 58.0 Å². The third kappa shape index (κ3) is 3.66. The van der Waals surface area contributed by atoms with Crippen molar-refractivity contribution in [3.63, 3.8) is 0 Å². The highest BCUT2D eigenvalue weighted by Gasteiger charge is 2.15. The molecule has 1 aromatic carbocycles. The number of rotatable bonds is 5. The van der Waals surface area contributed by atoms with Crippen LogP contribution in [0.1, 0.15) is 47.3 Å². The van der Waals surface area contributed by atoms with Crippen LogP contribution in [-0.4, -0.2) is 12.5 Å². The number of anilines is 1. The van der Waals surface area contributed by atoms with Crippen LogP contribution in [0.4, 0.5) is 5.69 Å². The molecule has 4 nitrogen and oxygen atoms in total. The first kappa shape index (κ1) is 15.2. The van der Waals surface area contributed by atoms with Crippen molar-refractivity contribution in [2.24, 2.45) is 0 Å². The number of amides is 1. The molecule has 0 aliphatic carbocycles. The molecule has 0 bridgehead atoms. The van der Waals surface area contributed by atoms with Crippen LogP contribution < -0.4 is 10.6 Å². The predicted octanol–water partition coefficient (Wildman–Crippen LogP) is 3.82. The first-order chi connectivity index (χ1) is 10.0. The molecule has 0 fully saturated rings. The van der Waals surface area contributed by atoms with Crippen LogP contribution in [0.5, 0.6) is 0 Å². The van der Waals surface area contributed by atoms with Gasteiger partial charge in [-0.25, -0.2) is 0 Å². The molecule has 4 heteroatoms. The quantitative estimate of drug-likeness (QED) is 0.878. The third-order valence-corrected chi connectivity index (χ3v) is 3.39. The van der Waals surface area contributed by atoms with Crippen LogP contribution in [0.25, 0.3) is 0 Å². The van der Waals surface area contributed by atoms with Crippen LogP contribution in [0.15, 0.2) is 34.7 Å². The van der Waals surface area contributed by atoms with Crippen molar-refractivity contribution >= 4 is 11.6 Å². The Bertz CT molecular complexity index is 631. The van der Waals surface area contributed by atoms with Crippen molar-refractivity contribution < 1.29 is 9.21 Å². The van der Waals surface area contributed by atoms with Crippen molar-refractivity contribution in [3.8, 4) is 0 Å². The lowest BCUT2D eigenvalue weighted by Crippen LogP contribution is -2.27. The van der Waals surface area contributed by atoms with Crippen LogP contribution in [0.2, 0.25) is 0 Å². The highest BCUT2D eigenvalue weighted by atomic mass is 16.3. The average molecular weight is 286 g/mol. The Morgan fingerprint density at radius 2 is 2.00 bits per heavy atom. The molecule has 0 radical (unpaired) electrons. The molecule has 2 N–H and O–H groups in total. The molecule has 0 aliphatic rings. The SMILES string of the molecule is CCNc1ccc(C(=O)NC(C)c2ccc(C)o2)c(C)c1. The first-order valence-electron chi connectivity index (χ1n) is 7.23. The van der Waals surface area contributed by atoms with E-state index in [9.17, 15) is 4.79 Å². The van der Waals surface area contributed by atoms with Crippen molar-refractivity contribution in [2.45, 2.75) is 33.7 Å². The molecule has 2 rings (SSSR count).